The molecule has 3 aliphatic carbocycles. The maximum absolute atomic E-state index is 13.2. The summed E-state index contributed by atoms with van der Waals surface area (Å²) < 4.78 is 6.45. The number of carbonyl (C=O) groups is 3. The molecule has 1 N–H and O–H groups in total. The van der Waals surface area contributed by atoms with Gasteiger partial charge in [-0.25, -0.2) is 0 Å². The van der Waals surface area contributed by atoms with Gasteiger partial charge in [0.25, 0.3) is 5.91 Å². The van der Waals surface area contributed by atoms with Gasteiger partial charge in [-0.3, -0.25) is 19.3 Å². The second kappa shape index (κ2) is 15.8. The average molecular weight is 766 g/mol. The molecule has 1 saturated heterocycles. The van der Waals surface area contributed by atoms with Crippen molar-refractivity contribution in [1.82, 2.24) is 9.80 Å². The lowest BCUT2D eigenvalue weighted by atomic mass is 9.69. The van der Waals surface area contributed by atoms with Crippen molar-refractivity contribution < 1.29 is 24.2 Å². The molecule has 0 spiro atoms. The minimum Gasteiger partial charge on any atom is -0.508 e. The van der Waals surface area contributed by atoms with Crippen LogP contribution in [0.15, 0.2) is 91.0 Å². The molecule has 0 aromatic heterocycles. The minimum absolute atomic E-state index is 0.0302. The molecule has 3 fully saturated rings. The third-order valence-corrected chi connectivity index (χ3v) is 13.7. The quantitative estimate of drug-likeness (QED) is 0.162. The number of ether oxygens (including phenoxy) is 1. The highest BCUT2D eigenvalue weighted by Crippen LogP contribution is 2.47. The van der Waals surface area contributed by atoms with Gasteiger partial charge in [0.05, 0.1) is 12.5 Å². The number of ketones is 2. The maximum Gasteiger partial charge on any atom is 0.255 e. The number of carbonyl (C=O) groups excluding carboxylic acids is 3. The first-order valence-electron chi connectivity index (χ1n) is 21.3. The highest BCUT2D eigenvalue weighted by molar-refractivity contribution is 6.07. The van der Waals surface area contributed by atoms with Crippen molar-refractivity contribution in [3.05, 3.63) is 124 Å². The summed E-state index contributed by atoms with van der Waals surface area (Å²) >= 11 is 0. The van der Waals surface area contributed by atoms with Crippen LogP contribution in [-0.2, 0) is 22.6 Å². The van der Waals surface area contributed by atoms with Gasteiger partial charge in [-0.1, -0.05) is 48.5 Å². The van der Waals surface area contributed by atoms with E-state index in [0.29, 0.717) is 54.6 Å². The Bertz CT molecular complexity index is 2120. The molecule has 0 bridgehead atoms. The summed E-state index contributed by atoms with van der Waals surface area (Å²) in [4.78, 5) is 44.4. The normalized spacial score (nSPS) is 25.1. The van der Waals surface area contributed by atoms with Crippen LogP contribution in [0.1, 0.15) is 115 Å². The van der Waals surface area contributed by atoms with Crippen LogP contribution in [0.4, 0.5) is 5.69 Å². The van der Waals surface area contributed by atoms with Gasteiger partial charge in [0.1, 0.15) is 23.4 Å². The lowest BCUT2D eigenvalue weighted by Crippen LogP contribution is -2.53. The number of benzene rings is 4. The Labute approximate surface area is 336 Å². The third kappa shape index (κ3) is 7.61. The largest absolute Gasteiger partial charge is 0.508 e. The standard InChI is InChI=1S/C49H55N3O5/c1-31(2)51(38-26-42(27-38)57-41-15-18-45-36(25-41)30-52(49(45)56)46-19-14-40(54)28-47(46)55)29-32-20-22-50(23-21-32)37-11-8-34(9-12-37)48-43(33-6-4-3-5-7-33)16-10-35-24-39(53)13-17-44(35)48/h3-9,11-13,15,17-18,24-25,31-32,38,42-43,46,48,53H,10,14,16,19-23,26-30H2,1-2H3/t38?,42?,43-,46?,48+/m1/s1. The van der Waals surface area contributed by atoms with Gasteiger partial charge in [0.2, 0.25) is 0 Å². The first kappa shape index (κ1) is 37.6. The van der Waals surface area contributed by atoms with Crippen molar-refractivity contribution in [2.75, 3.05) is 24.5 Å². The van der Waals surface area contributed by atoms with Crippen LogP contribution in [0.5, 0.6) is 11.5 Å². The number of aromatic hydroxyl groups is 1. The summed E-state index contributed by atoms with van der Waals surface area (Å²) in [6.45, 7) is 8.27. The van der Waals surface area contributed by atoms with Crippen LogP contribution in [0.3, 0.4) is 0 Å². The number of hydrogen-bond acceptors (Lipinski definition) is 7. The van der Waals surface area contributed by atoms with Crippen LogP contribution in [0.2, 0.25) is 0 Å². The number of Topliss-reactive ketones (excluding diaryl/α,β-unsaturated/α-hetero) is 2. The molecule has 1 amide bonds. The smallest absolute Gasteiger partial charge is 0.255 e. The minimum atomic E-state index is -0.502. The van der Waals surface area contributed by atoms with E-state index in [2.05, 4.69) is 84.3 Å². The zero-order valence-electron chi connectivity index (χ0n) is 33.3. The van der Waals surface area contributed by atoms with Crippen molar-refractivity contribution >= 4 is 23.2 Å². The zero-order valence-corrected chi connectivity index (χ0v) is 33.3. The van der Waals surface area contributed by atoms with E-state index >= 15 is 0 Å². The molecule has 4 aromatic carbocycles. The van der Waals surface area contributed by atoms with Crippen molar-refractivity contribution in [2.45, 2.75) is 114 Å². The predicted octanol–water partition coefficient (Wildman–Crippen LogP) is 8.44. The Kier molecular flexibility index (Phi) is 10.4. The second-order valence-electron chi connectivity index (χ2n) is 17.6. The van der Waals surface area contributed by atoms with E-state index in [1.807, 2.05) is 30.3 Å². The van der Waals surface area contributed by atoms with E-state index in [0.717, 1.165) is 56.6 Å². The number of phenols is 1. The first-order valence-corrected chi connectivity index (χ1v) is 21.3. The monoisotopic (exact) mass is 765 g/mol. The maximum atomic E-state index is 13.2. The molecular formula is C49H55N3O5. The molecular weight excluding hydrogens is 711 g/mol. The molecule has 3 atom stereocenters. The van der Waals surface area contributed by atoms with E-state index in [1.165, 1.54) is 40.8 Å². The number of nitrogens with zero attached hydrogens (tertiary/aromatic N) is 3. The molecule has 4 aromatic rings. The molecule has 0 radical (unpaired) electrons. The summed E-state index contributed by atoms with van der Waals surface area (Å²) in [7, 11) is 0. The Morgan fingerprint density at radius 2 is 1.58 bits per heavy atom. The van der Waals surface area contributed by atoms with E-state index in [9.17, 15) is 19.5 Å². The van der Waals surface area contributed by atoms with E-state index in [4.69, 9.17) is 4.74 Å². The van der Waals surface area contributed by atoms with E-state index < -0.39 is 6.04 Å². The fourth-order valence-electron chi connectivity index (χ4n) is 10.6. The lowest BCUT2D eigenvalue weighted by Gasteiger charge is -2.46. The summed E-state index contributed by atoms with van der Waals surface area (Å²) in [5, 5.41) is 10.2. The van der Waals surface area contributed by atoms with Crippen molar-refractivity contribution in [3.8, 4) is 11.5 Å². The number of piperidine rings is 1. The van der Waals surface area contributed by atoms with Gasteiger partial charge in [0, 0.05) is 74.7 Å². The van der Waals surface area contributed by atoms with E-state index in [-0.39, 0.29) is 35.9 Å². The SMILES string of the molecule is CC(C)N(CC1CCN(c2ccc([C@@H]3c4ccc(O)cc4CC[C@@H]3c3ccccc3)cc2)CC1)C1CC(Oc2ccc3c(c2)CN(C2CCC(=O)CC2=O)C3=O)C1. The van der Waals surface area contributed by atoms with Gasteiger partial charge in [-0.05, 0) is 128 Å². The lowest BCUT2D eigenvalue weighted by molar-refractivity contribution is -0.133. The topological polar surface area (TPSA) is 90.4 Å². The van der Waals surface area contributed by atoms with Crippen LogP contribution >= 0.6 is 0 Å². The zero-order chi connectivity index (χ0) is 39.2. The number of fused-ring (bicyclic) bond motifs is 2. The van der Waals surface area contributed by atoms with Crippen LogP contribution < -0.4 is 9.64 Å². The summed E-state index contributed by atoms with van der Waals surface area (Å²) in [6, 6.07) is 32.4. The number of amides is 1. The molecule has 2 saturated carbocycles. The molecule has 9 rings (SSSR count). The highest BCUT2D eigenvalue weighted by atomic mass is 16.5. The predicted molar refractivity (Wildman–Crippen MR) is 222 cm³/mol. The Hall–Kier alpha value is -4.95. The van der Waals surface area contributed by atoms with Crippen molar-refractivity contribution in [3.63, 3.8) is 0 Å². The van der Waals surface area contributed by atoms with Gasteiger partial charge in [0.15, 0.2) is 5.78 Å². The average Bonchev–Trinajstić information content (AvgIpc) is 3.53. The summed E-state index contributed by atoms with van der Waals surface area (Å²) in [5.41, 5.74) is 8.17. The molecule has 5 aliphatic rings. The molecule has 57 heavy (non-hydrogen) atoms. The number of phenolic OH excluding ortho intramolecular Hbond substituents is 1. The first-order chi connectivity index (χ1) is 27.7. The summed E-state index contributed by atoms with van der Waals surface area (Å²) in [5.74, 6) is 2.17. The van der Waals surface area contributed by atoms with Crippen LogP contribution in [-0.4, -0.2) is 76.2 Å². The molecule has 2 aliphatic heterocycles. The van der Waals surface area contributed by atoms with Crippen molar-refractivity contribution in [1.29, 1.82) is 0 Å². The number of rotatable bonds is 10. The van der Waals surface area contributed by atoms with Crippen molar-refractivity contribution in [2.24, 2.45) is 5.92 Å². The van der Waals surface area contributed by atoms with Crippen LogP contribution in [0.25, 0.3) is 0 Å². The van der Waals surface area contributed by atoms with Gasteiger partial charge >= 0.3 is 0 Å². The molecule has 1 unspecified atom stereocenters. The molecule has 8 heteroatoms. The number of hydrogen-bond donors (Lipinski definition) is 1. The number of anilines is 1. The molecule has 296 valence electrons. The van der Waals surface area contributed by atoms with Crippen LogP contribution in [0, 0.1) is 5.92 Å². The Morgan fingerprint density at radius 3 is 2.32 bits per heavy atom. The molecule has 8 nitrogen and oxygen atoms in total. The van der Waals surface area contributed by atoms with Gasteiger partial charge in [-0.15, -0.1) is 0 Å². The fraction of sp³-hybridized carbons (Fsp3) is 0.449. The third-order valence-electron chi connectivity index (χ3n) is 13.7. The summed E-state index contributed by atoms with van der Waals surface area (Å²) in [6.07, 6.45) is 7.26. The highest BCUT2D eigenvalue weighted by Gasteiger charge is 2.41. The Morgan fingerprint density at radius 1 is 0.807 bits per heavy atom. The van der Waals surface area contributed by atoms with Gasteiger partial charge in [-0.2, -0.15) is 0 Å². The Balaban J connectivity index is 0.781. The second-order valence-corrected chi connectivity index (χ2v) is 17.6. The molecule has 2 heterocycles. The fourth-order valence-corrected chi connectivity index (χ4v) is 10.6. The van der Waals surface area contributed by atoms with Gasteiger partial charge < -0.3 is 19.6 Å². The number of aryl methyl sites for hydroxylation is 1. The van der Waals surface area contributed by atoms with E-state index in [1.54, 1.807) is 4.90 Å².